The number of aliphatic imine (C=N–C) groups is 1. The van der Waals surface area contributed by atoms with E-state index in [-0.39, 0.29) is 35.2 Å². The molecule has 1 fully saturated rings. The van der Waals surface area contributed by atoms with Crippen molar-refractivity contribution in [2.75, 3.05) is 13.1 Å². The first-order chi connectivity index (χ1) is 14.2. The zero-order valence-electron chi connectivity index (χ0n) is 16.9. The number of hydrogen-bond donors (Lipinski definition) is 2. The van der Waals surface area contributed by atoms with E-state index >= 15 is 0 Å². The van der Waals surface area contributed by atoms with Gasteiger partial charge in [-0.2, -0.15) is 0 Å². The highest BCUT2D eigenvalue weighted by atomic mass is 127. The van der Waals surface area contributed by atoms with Crippen LogP contribution >= 0.6 is 24.0 Å². The van der Waals surface area contributed by atoms with Crippen LogP contribution in [0.4, 0.5) is 4.39 Å². The third kappa shape index (κ3) is 5.16. The average Bonchev–Trinajstić information content (AvgIpc) is 3.32. The first kappa shape index (κ1) is 22.2. The van der Waals surface area contributed by atoms with Gasteiger partial charge in [-0.1, -0.05) is 24.3 Å². The molecule has 1 aliphatic carbocycles. The smallest absolute Gasteiger partial charge is 0.191 e. The van der Waals surface area contributed by atoms with Crippen molar-refractivity contribution in [3.8, 4) is 5.82 Å². The first-order valence-electron chi connectivity index (χ1n) is 9.91. The lowest BCUT2D eigenvalue weighted by molar-refractivity contribution is 0.559. The molecular formula is C22H26FIN6. The van der Waals surface area contributed by atoms with E-state index in [1.54, 1.807) is 18.6 Å². The molecule has 0 radical (unpaired) electrons. The molecule has 0 unspecified atom stereocenters. The maximum atomic E-state index is 14.2. The lowest BCUT2D eigenvalue weighted by Crippen LogP contribution is -2.41. The number of nitrogens with zero attached hydrogens (tertiary/aromatic N) is 4. The maximum absolute atomic E-state index is 14.2. The molecule has 0 atom stereocenters. The predicted molar refractivity (Wildman–Crippen MR) is 127 cm³/mol. The van der Waals surface area contributed by atoms with Gasteiger partial charge in [0.15, 0.2) is 5.96 Å². The van der Waals surface area contributed by atoms with Gasteiger partial charge < -0.3 is 10.6 Å². The molecule has 3 aromatic rings. The Morgan fingerprint density at radius 3 is 2.67 bits per heavy atom. The number of nitrogens with one attached hydrogen (secondary N) is 2. The van der Waals surface area contributed by atoms with Gasteiger partial charge >= 0.3 is 0 Å². The molecule has 2 heterocycles. The number of pyridine rings is 1. The Kier molecular flexibility index (Phi) is 7.41. The molecule has 2 N–H and O–H groups in total. The van der Waals surface area contributed by atoms with E-state index in [1.165, 1.54) is 6.07 Å². The molecule has 0 aliphatic heterocycles. The van der Waals surface area contributed by atoms with Gasteiger partial charge in [-0.25, -0.2) is 19.4 Å². The number of imidazole rings is 1. The molecule has 1 saturated carbocycles. The zero-order valence-corrected chi connectivity index (χ0v) is 19.2. The van der Waals surface area contributed by atoms with E-state index in [2.05, 4.69) is 25.6 Å². The van der Waals surface area contributed by atoms with E-state index in [0.29, 0.717) is 13.1 Å². The fraction of sp³-hybridized carbons (Fsp3) is 0.318. The van der Waals surface area contributed by atoms with Crippen LogP contribution in [-0.2, 0) is 12.0 Å². The number of benzene rings is 1. The normalized spacial score (nSPS) is 14.7. The lowest BCUT2D eigenvalue weighted by atomic mass is 9.95. The summed E-state index contributed by atoms with van der Waals surface area (Å²) in [5.41, 5.74) is 1.68. The van der Waals surface area contributed by atoms with Crippen LogP contribution in [0.5, 0.6) is 0 Å². The minimum atomic E-state index is -0.129. The minimum absolute atomic E-state index is 0. The van der Waals surface area contributed by atoms with Crippen molar-refractivity contribution in [3.63, 3.8) is 0 Å². The molecule has 8 heteroatoms. The van der Waals surface area contributed by atoms with Crippen LogP contribution in [0.2, 0.25) is 0 Å². The Labute approximate surface area is 193 Å². The van der Waals surface area contributed by atoms with E-state index in [1.807, 2.05) is 48.1 Å². The second-order valence-electron chi connectivity index (χ2n) is 7.30. The van der Waals surface area contributed by atoms with Crippen LogP contribution in [0, 0.1) is 5.82 Å². The largest absolute Gasteiger partial charge is 0.357 e. The van der Waals surface area contributed by atoms with Crippen molar-refractivity contribution in [1.82, 2.24) is 25.2 Å². The molecule has 158 valence electrons. The Balaban J connectivity index is 0.00000256. The number of rotatable bonds is 7. The standard InChI is InChI=1S/C22H25FN6.HI/c1-2-25-21(28-15-22(9-10-22)18-5-3-4-6-19(18)23)27-14-17-7-8-20(26-13-17)29-12-11-24-16-29;/h3-8,11-13,16H,2,9-10,14-15H2,1H3,(H2,25,27,28);1H. The summed E-state index contributed by atoms with van der Waals surface area (Å²) < 4.78 is 16.1. The molecule has 0 amide bonds. The van der Waals surface area contributed by atoms with E-state index in [9.17, 15) is 4.39 Å². The summed E-state index contributed by atoms with van der Waals surface area (Å²) in [6.07, 6.45) is 9.10. The number of halogens is 2. The van der Waals surface area contributed by atoms with Crippen molar-refractivity contribution >= 4 is 29.9 Å². The van der Waals surface area contributed by atoms with E-state index < -0.39 is 0 Å². The molecule has 1 aromatic carbocycles. The van der Waals surface area contributed by atoms with E-state index in [0.717, 1.165) is 42.3 Å². The highest BCUT2D eigenvalue weighted by Crippen LogP contribution is 2.48. The molecule has 1 aliphatic rings. The fourth-order valence-corrected chi connectivity index (χ4v) is 3.41. The predicted octanol–water partition coefficient (Wildman–Crippen LogP) is 3.81. The summed E-state index contributed by atoms with van der Waals surface area (Å²) in [4.78, 5) is 13.2. The van der Waals surface area contributed by atoms with Crippen LogP contribution in [0.25, 0.3) is 5.82 Å². The van der Waals surface area contributed by atoms with Gasteiger partial charge in [0, 0.05) is 37.1 Å². The van der Waals surface area contributed by atoms with Crippen molar-refractivity contribution < 1.29 is 4.39 Å². The molecule has 0 bridgehead atoms. The number of hydrogen-bond acceptors (Lipinski definition) is 3. The van der Waals surface area contributed by atoms with Crippen LogP contribution in [0.3, 0.4) is 0 Å². The Morgan fingerprint density at radius 1 is 1.20 bits per heavy atom. The molecule has 2 aromatic heterocycles. The van der Waals surface area contributed by atoms with Crippen LogP contribution in [0.15, 0.2) is 66.3 Å². The van der Waals surface area contributed by atoms with Crippen molar-refractivity contribution in [2.45, 2.75) is 31.7 Å². The molecule has 0 spiro atoms. The highest BCUT2D eigenvalue weighted by Gasteiger charge is 2.45. The summed E-state index contributed by atoms with van der Waals surface area (Å²) in [6, 6.07) is 11.0. The monoisotopic (exact) mass is 520 g/mol. The lowest BCUT2D eigenvalue weighted by Gasteiger charge is -2.19. The second-order valence-corrected chi connectivity index (χ2v) is 7.30. The van der Waals surface area contributed by atoms with Gasteiger partial charge in [0.25, 0.3) is 0 Å². The average molecular weight is 520 g/mol. The molecule has 30 heavy (non-hydrogen) atoms. The summed E-state index contributed by atoms with van der Waals surface area (Å²) >= 11 is 0. The van der Waals surface area contributed by atoms with Gasteiger partial charge in [0.2, 0.25) is 0 Å². The van der Waals surface area contributed by atoms with E-state index in [4.69, 9.17) is 0 Å². The quantitative estimate of drug-likeness (QED) is 0.283. The number of aromatic nitrogens is 3. The van der Waals surface area contributed by atoms with Crippen LogP contribution in [0.1, 0.15) is 30.9 Å². The van der Waals surface area contributed by atoms with Gasteiger partial charge in [-0.05, 0) is 43.0 Å². The van der Waals surface area contributed by atoms with Crippen molar-refractivity contribution in [1.29, 1.82) is 0 Å². The molecule has 4 rings (SSSR count). The Hall–Kier alpha value is -2.49. The highest BCUT2D eigenvalue weighted by molar-refractivity contribution is 14.0. The van der Waals surface area contributed by atoms with Gasteiger partial charge in [-0.3, -0.25) is 4.57 Å². The van der Waals surface area contributed by atoms with Gasteiger partial charge in [0.05, 0.1) is 6.54 Å². The van der Waals surface area contributed by atoms with Crippen LogP contribution < -0.4 is 10.6 Å². The maximum Gasteiger partial charge on any atom is 0.191 e. The summed E-state index contributed by atoms with van der Waals surface area (Å²) in [5.74, 6) is 1.42. The topological polar surface area (TPSA) is 67.1 Å². The Bertz CT molecular complexity index is 968. The SMILES string of the molecule is CCNC(=NCc1ccc(-n2ccnc2)nc1)NCC1(c2ccccc2F)CC1.I. The molecule has 6 nitrogen and oxygen atoms in total. The Morgan fingerprint density at radius 2 is 2.03 bits per heavy atom. The first-order valence-corrected chi connectivity index (χ1v) is 9.91. The summed E-state index contributed by atoms with van der Waals surface area (Å²) in [6.45, 7) is 3.97. The molecule has 0 saturated heterocycles. The molecular weight excluding hydrogens is 494 g/mol. The fourth-order valence-electron chi connectivity index (χ4n) is 3.41. The minimum Gasteiger partial charge on any atom is -0.357 e. The van der Waals surface area contributed by atoms with Crippen molar-refractivity contribution in [2.24, 2.45) is 4.99 Å². The summed E-state index contributed by atoms with van der Waals surface area (Å²) in [5, 5.41) is 6.66. The van der Waals surface area contributed by atoms with Crippen LogP contribution in [-0.4, -0.2) is 33.6 Å². The second kappa shape index (κ2) is 10.0. The third-order valence-electron chi connectivity index (χ3n) is 5.24. The third-order valence-corrected chi connectivity index (χ3v) is 5.24. The van der Waals surface area contributed by atoms with Gasteiger partial charge in [0.1, 0.15) is 18.0 Å². The van der Waals surface area contributed by atoms with Gasteiger partial charge in [-0.15, -0.1) is 24.0 Å². The number of guanidine groups is 1. The zero-order chi connectivity index (χ0) is 20.1. The summed E-state index contributed by atoms with van der Waals surface area (Å²) in [7, 11) is 0. The van der Waals surface area contributed by atoms with Crippen molar-refractivity contribution in [3.05, 3.63) is 78.3 Å².